The average molecular weight is 615 g/mol. The predicted molar refractivity (Wildman–Crippen MR) is 140 cm³/mol. The van der Waals surface area contributed by atoms with Gasteiger partial charge in [0.25, 0.3) is 11.5 Å². The zero-order chi connectivity index (χ0) is 24.8. The molecule has 0 saturated heterocycles. The van der Waals surface area contributed by atoms with Crippen LogP contribution in [-0.2, 0) is 11.2 Å². The lowest BCUT2D eigenvalue weighted by Crippen LogP contribution is -2.22. The number of carbonyl (C=O) groups is 1. The monoisotopic (exact) mass is 612 g/mol. The molecule has 180 valence electrons. The molecular weight excluding hydrogens is 592 g/mol. The molecule has 0 bridgehead atoms. The number of benzene rings is 2. The van der Waals surface area contributed by atoms with Crippen molar-refractivity contribution in [2.24, 2.45) is 10.8 Å². The largest absolute Gasteiger partial charge is 0.490 e. The number of ether oxygens (including phenoxy) is 2. The quantitative estimate of drug-likeness (QED) is 0.321. The standard InChI is InChI=1S/C23H23Br2ClN4O4/c1-3-5-6-19-29-16-8-7-14(24)10-15(16)23(32)30(19)28-11-13-9-17(33-4-2)22(21(26)20(13)25)34-12-18(27)31/h7-11H,3-6,12H2,1-2H3,(H2,27,31). The summed E-state index contributed by atoms with van der Waals surface area (Å²) in [5, 5.41) is 5.10. The van der Waals surface area contributed by atoms with Gasteiger partial charge in [-0.3, -0.25) is 9.59 Å². The van der Waals surface area contributed by atoms with E-state index in [-0.39, 0.29) is 22.9 Å². The molecule has 0 saturated carbocycles. The molecule has 1 aromatic heterocycles. The summed E-state index contributed by atoms with van der Waals surface area (Å²) in [7, 11) is 0. The highest BCUT2D eigenvalue weighted by atomic mass is 79.9. The number of unbranched alkanes of at least 4 members (excludes halogenated alkanes) is 1. The highest BCUT2D eigenvalue weighted by Crippen LogP contribution is 2.42. The van der Waals surface area contributed by atoms with Gasteiger partial charge >= 0.3 is 0 Å². The molecule has 1 amide bonds. The van der Waals surface area contributed by atoms with E-state index in [1.165, 1.54) is 10.9 Å². The molecule has 2 aromatic carbocycles. The van der Waals surface area contributed by atoms with Crippen molar-refractivity contribution in [2.75, 3.05) is 13.2 Å². The number of amides is 1. The smallest absolute Gasteiger partial charge is 0.282 e. The molecular formula is C23H23Br2ClN4O4. The second-order valence-electron chi connectivity index (χ2n) is 7.26. The second kappa shape index (κ2) is 11.8. The maximum absolute atomic E-state index is 13.3. The Hall–Kier alpha value is -2.43. The first-order valence-corrected chi connectivity index (χ1v) is 12.5. The van der Waals surface area contributed by atoms with E-state index in [1.54, 1.807) is 25.1 Å². The van der Waals surface area contributed by atoms with Gasteiger partial charge in [0, 0.05) is 20.9 Å². The first-order valence-electron chi connectivity index (χ1n) is 10.6. The van der Waals surface area contributed by atoms with E-state index in [2.05, 4.69) is 48.9 Å². The number of nitrogens with zero attached hydrogens (tertiary/aromatic N) is 3. The van der Waals surface area contributed by atoms with Crippen LogP contribution in [0.4, 0.5) is 0 Å². The summed E-state index contributed by atoms with van der Waals surface area (Å²) in [6.07, 6.45) is 3.91. The van der Waals surface area contributed by atoms with E-state index in [4.69, 9.17) is 26.8 Å². The van der Waals surface area contributed by atoms with E-state index < -0.39 is 5.91 Å². The zero-order valence-electron chi connectivity index (χ0n) is 18.6. The van der Waals surface area contributed by atoms with Crippen LogP contribution in [0.5, 0.6) is 11.5 Å². The molecule has 0 unspecified atom stereocenters. The highest BCUT2D eigenvalue weighted by Gasteiger charge is 2.18. The summed E-state index contributed by atoms with van der Waals surface area (Å²) in [5.74, 6) is 0.420. The third-order valence-corrected chi connectivity index (χ3v) is 6.69. The van der Waals surface area contributed by atoms with E-state index >= 15 is 0 Å². The van der Waals surface area contributed by atoms with Crippen LogP contribution in [0.15, 0.2) is 43.1 Å². The van der Waals surface area contributed by atoms with Crippen molar-refractivity contribution in [3.63, 3.8) is 0 Å². The Morgan fingerprint density at radius 3 is 2.71 bits per heavy atom. The Kier molecular flexibility index (Phi) is 9.10. The first-order chi connectivity index (χ1) is 16.3. The van der Waals surface area contributed by atoms with Crippen molar-refractivity contribution < 1.29 is 14.3 Å². The van der Waals surface area contributed by atoms with Gasteiger partial charge in [-0.1, -0.05) is 40.9 Å². The Morgan fingerprint density at radius 2 is 2.03 bits per heavy atom. The van der Waals surface area contributed by atoms with Crippen LogP contribution in [0.1, 0.15) is 38.1 Å². The predicted octanol–water partition coefficient (Wildman–Crippen LogP) is 5.06. The van der Waals surface area contributed by atoms with Gasteiger partial charge in [0.1, 0.15) is 10.8 Å². The van der Waals surface area contributed by atoms with Crippen LogP contribution >= 0.6 is 43.5 Å². The molecule has 0 aliphatic carbocycles. The van der Waals surface area contributed by atoms with Crippen molar-refractivity contribution in [2.45, 2.75) is 33.1 Å². The number of primary amides is 1. The van der Waals surface area contributed by atoms with Crippen LogP contribution in [0.3, 0.4) is 0 Å². The van der Waals surface area contributed by atoms with Crippen LogP contribution in [0, 0.1) is 0 Å². The molecule has 1 heterocycles. The number of rotatable bonds is 10. The van der Waals surface area contributed by atoms with E-state index in [9.17, 15) is 9.59 Å². The van der Waals surface area contributed by atoms with E-state index in [0.29, 0.717) is 45.5 Å². The van der Waals surface area contributed by atoms with Crippen molar-refractivity contribution in [1.82, 2.24) is 9.66 Å². The third-order valence-electron chi connectivity index (χ3n) is 4.76. The van der Waals surface area contributed by atoms with Gasteiger partial charge in [0.2, 0.25) is 0 Å². The van der Waals surface area contributed by atoms with Crippen LogP contribution in [-0.4, -0.2) is 35.0 Å². The van der Waals surface area contributed by atoms with E-state index in [0.717, 1.165) is 17.3 Å². The van der Waals surface area contributed by atoms with Gasteiger partial charge in [-0.2, -0.15) is 9.78 Å². The van der Waals surface area contributed by atoms with Crippen molar-refractivity contribution in [3.8, 4) is 11.5 Å². The molecule has 0 spiro atoms. The minimum absolute atomic E-state index is 0.185. The minimum atomic E-state index is -0.644. The minimum Gasteiger partial charge on any atom is -0.490 e. The first kappa shape index (κ1) is 26.2. The lowest BCUT2D eigenvalue weighted by Gasteiger charge is -2.15. The summed E-state index contributed by atoms with van der Waals surface area (Å²) < 4.78 is 13.6. The molecule has 11 heteroatoms. The van der Waals surface area contributed by atoms with Crippen LogP contribution < -0.4 is 20.8 Å². The molecule has 3 aromatic rings. The van der Waals surface area contributed by atoms with Gasteiger partial charge in [0.05, 0.1) is 23.7 Å². The molecule has 0 radical (unpaired) electrons. The number of fused-ring (bicyclic) bond motifs is 1. The zero-order valence-corrected chi connectivity index (χ0v) is 22.5. The molecule has 0 fully saturated rings. The summed E-state index contributed by atoms with van der Waals surface area (Å²) >= 11 is 13.3. The molecule has 0 aliphatic heterocycles. The van der Waals surface area contributed by atoms with Crippen molar-refractivity contribution in [3.05, 3.63) is 60.0 Å². The SMILES string of the molecule is CCCCc1nc2ccc(Br)cc2c(=O)n1N=Cc1cc(OCC)c(OCC(N)=O)c(Cl)c1Br. The topological polar surface area (TPSA) is 109 Å². The van der Waals surface area contributed by atoms with Gasteiger partial charge < -0.3 is 15.2 Å². The normalized spacial score (nSPS) is 11.3. The summed E-state index contributed by atoms with van der Waals surface area (Å²) in [5.41, 5.74) is 6.07. The second-order valence-corrected chi connectivity index (χ2v) is 9.35. The molecule has 0 aliphatic rings. The highest BCUT2D eigenvalue weighted by molar-refractivity contribution is 9.10. The summed E-state index contributed by atoms with van der Waals surface area (Å²) in [6, 6.07) is 7.04. The number of hydrogen-bond acceptors (Lipinski definition) is 6. The van der Waals surface area contributed by atoms with Gasteiger partial charge in [-0.25, -0.2) is 4.98 Å². The van der Waals surface area contributed by atoms with Crippen molar-refractivity contribution in [1.29, 1.82) is 0 Å². The fourth-order valence-corrected chi connectivity index (χ4v) is 4.18. The molecule has 0 atom stereocenters. The number of halogens is 3. The van der Waals surface area contributed by atoms with Gasteiger partial charge in [-0.05, 0) is 53.5 Å². The Morgan fingerprint density at radius 1 is 1.26 bits per heavy atom. The number of hydrogen-bond donors (Lipinski definition) is 1. The fraction of sp³-hybridized carbons (Fsp3) is 0.304. The van der Waals surface area contributed by atoms with Crippen LogP contribution in [0.25, 0.3) is 10.9 Å². The van der Waals surface area contributed by atoms with Crippen LogP contribution in [0.2, 0.25) is 5.02 Å². The number of nitrogens with two attached hydrogens (primary N) is 1. The van der Waals surface area contributed by atoms with Gasteiger partial charge in [-0.15, -0.1) is 0 Å². The Bertz CT molecular complexity index is 1310. The third kappa shape index (κ3) is 5.97. The number of aromatic nitrogens is 2. The molecule has 34 heavy (non-hydrogen) atoms. The Labute approximate surface area is 218 Å². The average Bonchev–Trinajstić information content (AvgIpc) is 2.80. The number of carbonyl (C=O) groups excluding carboxylic acids is 1. The van der Waals surface area contributed by atoms with Crippen molar-refractivity contribution >= 4 is 66.5 Å². The molecule has 2 N–H and O–H groups in total. The summed E-state index contributed by atoms with van der Waals surface area (Å²) in [4.78, 5) is 29.1. The molecule has 8 nitrogen and oxygen atoms in total. The fourth-order valence-electron chi connectivity index (χ4n) is 3.17. The number of aryl methyl sites for hydroxylation is 1. The maximum atomic E-state index is 13.3. The van der Waals surface area contributed by atoms with Gasteiger partial charge in [0.15, 0.2) is 18.1 Å². The lowest BCUT2D eigenvalue weighted by molar-refractivity contribution is -0.119. The summed E-state index contributed by atoms with van der Waals surface area (Å²) in [6.45, 7) is 3.86. The Balaban J connectivity index is 2.12. The molecule has 3 rings (SSSR count). The lowest BCUT2D eigenvalue weighted by atomic mass is 10.2. The van der Waals surface area contributed by atoms with E-state index in [1.807, 2.05) is 6.07 Å². The maximum Gasteiger partial charge on any atom is 0.282 e.